The molecule has 0 bridgehead atoms. The maximum atomic E-state index is 12.5. The molecule has 1 saturated heterocycles. The molecule has 0 radical (unpaired) electrons. The van der Waals surface area contributed by atoms with E-state index in [4.69, 9.17) is 16.0 Å². The Kier molecular flexibility index (Phi) is 4.25. The Balaban J connectivity index is 1.80. The van der Waals surface area contributed by atoms with Crippen molar-refractivity contribution >= 4 is 17.5 Å². The van der Waals surface area contributed by atoms with Crippen molar-refractivity contribution in [3.63, 3.8) is 0 Å². The van der Waals surface area contributed by atoms with E-state index in [1.54, 1.807) is 6.07 Å². The lowest BCUT2D eigenvalue weighted by Crippen LogP contribution is -2.37. The van der Waals surface area contributed by atoms with Crippen LogP contribution in [0.15, 0.2) is 34.7 Å². The maximum absolute atomic E-state index is 12.5. The molecule has 2 aromatic rings. The number of likely N-dealkylation sites (tertiary alicyclic amines) is 1. The lowest BCUT2D eigenvalue weighted by atomic mass is 9.99. The van der Waals surface area contributed by atoms with Crippen LogP contribution in [0, 0.1) is 12.8 Å². The summed E-state index contributed by atoms with van der Waals surface area (Å²) < 4.78 is 5.80. The number of benzene rings is 1. The number of carbonyl (C=O) groups is 1. The molecule has 1 amide bonds. The van der Waals surface area contributed by atoms with Gasteiger partial charge in [0.1, 0.15) is 5.76 Å². The van der Waals surface area contributed by atoms with Gasteiger partial charge in [-0.1, -0.05) is 18.5 Å². The highest BCUT2D eigenvalue weighted by molar-refractivity contribution is 6.30. The van der Waals surface area contributed by atoms with Gasteiger partial charge < -0.3 is 9.32 Å². The SMILES string of the molecule is Cc1cc(Cl)ccc1-c1ccc(C(=O)N2CCC(C)CC2)o1. The second-order valence-corrected chi connectivity index (χ2v) is 6.53. The predicted octanol–water partition coefficient (Wildman–Crippen LogP) is 4.78. The highest BCUT2D eigenvalue weighted by atomic mass is 35.5. The van der Waals surface area contributed by atoms with Gasteiger partial charge in [0.25, 0.3) is 5.91 Å². The van der Waals surface area contributed by atoms with Crippen molar-refractivity contribution in [2.75, 3.05) is 13.1 Å². The number of hydrogen-bond acceptors (Lipinski definition) is 2. The minimum atomic E-state index is -0.00948. The fourth-order valence-corrected chi connectivity index (χ4v) is 3.10. The summed E-state index contributed by atoms with van der Waals surface area (Å²) >= 11 is 5.98. The first-order chi connectivity index (χ1) is 10.5. The van der Waals surface area contributed by atoms with Crippen molar-refractivity contribution in [2.24, 2.45) is 5.92 Å². The molecule has 4 heteroatoms. The average Bonchev–Trinajstić information content (AvgIpc) is 2.97. The number of halogens is 1. The third kappa shape index (κ3) is 3.05. The van der Waals surface area contributed by atoms with E-state index in [1.165, 1.54) is 0 Å². The first-order valence-electron chi connectivity index (χ1n) is 7.70. The minimum Gasteiger partial charge on any atom is -0.451 e. The highest BCUT2D eigenvalue weighted by Gasteiger charge is 2.24. The minimum absolute atomic E-state index is 0.00948. The molecule has 1 fully saturated rings. The molecule has 116 valence electrons. The molecule has 0 saturated carbocycles. The summed E-state index contributed by atoms with van der Waals surface area (Å²) in [5.41, 5.74) is 2.00. The number of aryl methyl sites for hydroxylation is 1. The quantitative estimate of drug-likeness (QED) is 0.798. The van der Waals surface area contributed by atoms with Gasteiger partial charge in [0.05, 0.1) is 0 Å². The number of amides is 1. The van der Waals surface area contributed by atoms with Gasteiger partial charge in [-0.3, -0.25) is 4.79 Å². The Labute approximate surface area is 135 Å². The van der Waals surface area contributed by atoms with Gasteiger partial charge in [0.15, 0.2) is 5.76 Å². The summed E-state index contributed by atoms with van der Waals surface area (Å²) in [6.45, 7) is 5.85. The second-order valence-electron chi connectivity index (χ2n) is 6.10. The van der Waals surface area contributed by atoms with Crippen LogP contribution >= 0.6 is 11.6 Å². The second kappa shape index (κ2) is 6.17. The first kappa shape index (κ1) is 15.2. The third-order valence-electron chi connectivity index (χ3n) is 4.34. The Bertz CT molecular complexity index is 684. The zero-order chi connectivity index (χ0) is 15.7. The fourth-order valence-electron chi connectivity index (χ4n) is 2.87. The van der Waals surface area contributed by atoms with Gasteiger partial charge in [-0.15, -0.1) is 0 Å². The zero-order valence-electron chi connectivity index (χ0n) is 12.9. The molecule has 3 rings (SSSR count). The van der Waals surface area contributed by atoms with Crippen molar-refractivity contribution < 1.29 is 9.21 Å². The Morgan fingerprint density at radius 2 is 1.95 bits per heavy atom. The number of furan rings is 1. The van der Waals surface area contributed by atoms with E-state index in [0.717, 1.165) is 37.1 Å². The summed E-state index contributed by atoms with van der Waals surface area (Å²) in [7, 11) is 0. The maximum Gasteiger partial charge on any atom is 0.289 e. The van der Waals surface area contributed by atoms with Crippen LogP contribution < -0.4 is 0 Å². The van der Waals surface area contributed by atoms with Gasteiger partial charge in [-0.25, -0.2) is 0 Å². The van der Waals surface area contributed by atoms with Crippen LogP contribution in [0.1, 0.15) is 35.9 Å². The van der Waals surface area contributed by atoms with Crippen molar-refractivity contribution in [1.29, 1.82) is 0 Å². The van der Waals surface area contributed by atoms with E-state index in [1.807, 2.05) is 36.1 Å². The zero-order valence-corrected chi connectivity index (χ0v) is 13.7. The standard InChI is InChI=1S/C18H20ClNO2/c1-12-7-9-20(10-8-12)18(21)17-6-5-16(22-17)15-4-3-14(19)11-13(15)2/h3-6,11-12H,7-10H2,1-2H3. The molecule has 1 aromatic carbocycles. The molecule has 0 atom stereocenters. The smallest absolute Gasteiger partial charge is 0.289 e. The number of rotatable bonds is 2. The third-order valence-corrected chi connectivity index (χ3v) is 4.58. The Hall–Kier alpha value is -1.74. The molecule has 2 heterocycles. The van der Waals surface area contributed by atoms with Crippen molar-refractivity contribution in [1.82, 2.24) is 4.90 Å². The van der Waals surface area contributed by atoms with Crippen LogP contribution in [0.4, 0.5) is 0 Å². The van der Waals surface area contributed by atoms with E-state index in [-0.39, 0.29) is 5.91 Å². The van der Waals surface area contributed by atoms with Crippen molar-refractivity contribution in [3.8, 4) is 11.3 Å². The van der Waals surface area contributed by atoms with Crippen molar-refractivity contribution in [3.05, 3.63) is 46.7 Å². The molecule has 0 spiro atoms. The van der Waals surface area contributed by atoms with E-state index in [0.29, 0.717) is 22.5 Å². The van der Waals surface area contributed by atoms with E-state index in [2.05, 4.69) is 6.92 Å². The van der Waals surface area contributed by atoms with Crippen LogP contribution in [0.3, 0.4) is 0 Å². The molecule has 0 aliphatic carbocycles. The predicted molar refractivity (Wildman–Crippen MR) is 88.2 cm³/mol. The summed E-state index contributed by atoms with van der Waals surface area (Å²) in [5, 5.41) is 0.701. The van der Waals surface area contributed by atoms with Gasteiger partial charge >= 0.3 is 0 Å². The van der Waals surface area contributed by atoms with E-state index >= 15 is 0 Å². The number of carbonyl (C=O) groups excluding carboxylic acids is 1. The van der Waals surface area contributed by atoms with Crippen LogP contribution in [0.2, 0.25) is 5.02 Å². The average molecular weight is 318 g/mol. The lowest BCUT2D eigenvalue weighted by Gasteiger charge is -2.29. The lowest BCUT2D eigenvalue weighted by molar-refractivity contribution is 0.0666. The summed E-state index contributed by atoms with van der Waals surface area (Å²) in [5.74, 6) is 1.82. The highest BCUT2D eigenvalue weighted by Crippen LogP contribution is 2.28. The first-order valence-corrected chi connectivity index (χ1v) is 8.08. The largest absolute Gasteiger partial charge is 0.451 e. The topological polar surface area (TPSA) is 33.5 Å². The summed E-state index contributed by atoms with van der Waals surface area (Å²) in [6, 6.07) is 9.28. The van der Waals surface area contributed by atoms with Crippen LogP contribution in [-0.2, 0) is 0 Å². The van der Waals surface area contributed by atoms with Crippen molar-refractivity contribution in [2.45, 2.75) is 26.7 Å². The Morgan fingerprint density at radius 3 is 2.64 bits per heavy atom. The number of nitrogens with zero attached hydrogens (tertiary/aromatic N) is 1. The fraction of sp³-hybridized carbons (Fsp3) is 0.389. The van der Waals surface area contributed by atoms with Gasteiger partial charge in [-0.05, 0) is 61.6 Å². The van der Waals surface area contributed by atoms with Crippen LogP contribution in [0.25, 0.3) is 11.3 Å². The molecular formula is C18H20ClNO2. The summed E-state index contributed by atoms with van der Waals surface area (Å²) in [4.78, 5) is 14.4. The van der Waals surface area contributed by atoms with E-state index in [9.17, 15) is 4.79 Å². The molecule has 0 unspecified atom stereocenters. The molecule has 3 nitrogen and oxygen atoms in total. The Morgan fingerprint density at radius 1 is 1.23 bits per heavy atom. The molecule has 1 aromatic heterocycles. The van der Waals surface area contributed by atoms with E-state index < -0.39 is 0 Å². The number of hydrogen-bond donors (Lipinski definition) is 0. The van der Waals surface area contributed by atoms with Crippen LogP contribution in [-0.4, -0.2) is 23.9 Å². The summed E-state index contributed by atoms with van der Waals surface area (Å²) in [6.07, 6.45) is 2.13. The van der Waals surface area contributed by atoms with Gasteiger partial charge in [0.2, 0.25) is 0 Å². The van der Waals surface area contributed by atoms with Gasteiger partial charge in [-0.2, -0.15) is 0 Å². The molecule has 1 aliphatic rings. The normalized spacial score (nSPS) is 16.0. The molecular weight excluding hydrogens is 298 g/mol. The van der Waals surface area contributed by atoms with Gasteiger partial charge in [0, 0.05) is 23.7 Å². The monoisotopic (exact) mass is 317 g/mol. The number of piperidine rings is 1. The molecule has 1 aliphatic heterocycles. The van der Waals surface area contributed by atoms with Crippen LogP contribution in [0.5, 0.6) is 0 Å². The molecule has 22 heavy (non-hydrogen) atoms. The molecule has 0 N–H and O–H groups in total.